The Labute approximate surface area is 146 Å². The van der Waals surface area contributed by atoms with Crippen molar-refractivity contribution in [2.45, 2.75) is 0 Å². The normalized spacial score (nSPS) is 11.2. The number of aromatic carboxylic acids is 1. The third-order valence-corrected chi connectivity index (χ3v) is 4.11. The minimum atomic E-state index is -1.05. The Morgan fingerprint density at radius 2 is 1.80 bits per heavy atom. The molecule has 0 aliphatic heterocycles. The Kier molecular flexibility index (Phi) is 5.93. The highest BCUT2D eigenvalue weighted by Crippen LogP contribution is 2.18. The van der Waals surface area contributed by atoms with Crippen LogP contribution in [0.25, 0.3) is 0 Å². The highest BCUT2D eigenvalue weighted by Gasteiger charge is 2.15. The average Bonchev–Trinajstić information content (AvgIpc) is 2.62. The number of nitrogens with zero attached hydrogens (tertiary/aromatic N) is 2. The van der Waals surface area contributed by atoms with Crippen LogP contribution in [0, 0.1) is 0 Å². The van der Waals surface area contributed by atoms with E-state index in [4.69, 9.17) is 16.8 Å². The van der Waals surface area contributed by atoms with E-state index in [0.29, 0.717) is 11.3 Å². The van der Waals surface area contributed by atoms with E-state index in [-0.39, 0.29) is 27.8 Å². The number of carboxylic acids is 1. The lowest BCUT2D eigenvalue weighted by Crippen LogP contribution is -2.37. The number of nitrogens with two attached hydrogens (primary N) is 2. The van der Waals surface area contributed by atoms with Crippen molar-refractivity contribution in [3.8, 4) is 0 Å². The van der Waals surface area contributed by atoms with Crippen molar-refractivity contribution in [3.05, 3.63) is 64.1 Å². The fourth-order valence-electron chi connectivity index (χ4n) is 1.84. The molecule has 1 heterocycles. The molecule has 0 radical (unpaired) electrons. The van der Waals surface area contributed by atoms with E-state index in [1.54, 1.807) is 0 Å². The molecule has 0 bridgehead atoms. The van der Waals surface area contributed by atoms with Gasteiger partial charge in [0.2, 0.25) is 10.7 Å². The summed E-state index contributed by atoms with van der Waals surface area (Å²) in [6, 6.07) is 8.46. The molecular weight excluding hydrogens is 346 g/mol. The molecule has 1 aromatic heterocycles. The summed E-state index contributed by atoms with van der Waals surface area (Å²) in [5, 5.41) is 13.8. The number of hydrogen-bond donors (Lipinski definition) is 4. The number of anilines is 1. The van der Waals surface area contributed by atoms with E-state index in [1.807, 2.05) is 0 Å². The Morgan fingerprint density at radius 1 is 1.16 bits per heavy atom. The van der Waals surface area contributed by atoms with E-state index in [9.17, 15) is 14.4 Å². The number of pyridine rings is 1. The minimum Gasteiger partial charge on any atom is -0.478 e. The summed E-state index contributed by atoms with van der Waals surface area (Å²) in [7, 11) is 0. The zero-order valence-corrected chi connectivity index (χ0v) is 13.7. The fraction of sp³-hybridized carbons (Fsp3) is 0.0667. The van der Waals surface area contributed by atoms with Gasteiger partial charge in [-0.2, -0.15) is 5.10 Å². The van der Waals surface area contributed by atoms with Crippen LogP contribution in [0.5, 0.6) is 0 Å². The number of aromatic nitrogens is 1. The zero-order valence-electron chi connectivity index (χ0n) is 12.9. The first-order valence-electron chi connectivity index (χ1n) is 6.93. The van der Waals surface area contributed by atoms with Gasteiger partial charge in [-0.1, -0.05) is 11.8 Å². The number of hydrazine groups is 1. The number of aromatic amines is 1. The summed E-state index contributed by atoms with van der Waals surface area (Å²) in [5.74, 6) is 9.95. The first-order chi connectivity index (χ1) is 11.9. The SMILES string of the molecule is N/N=C(/SCC(=O)c1ccc(=O)[nH]c1)N(N)c1ccc(C(=O)O)cc1. The number of carbonyl (C=O) groups excluding carboxylic acids is 1. The number of hydrogen-bond acceptors (Lipinski definition) is 7. The standard InChI is InChI=1S/C15H15N5O4S/c16-19-15(20(17)11-4-1-9(2-5-11)14(23)24)25-8-12(21)10-3-6-13(22)18-7-10/h1-7H,8,16-17H2,(H,18,22)(H,23,24)/b19-15+. The molecule has 2 rings (SSSR count). The summed E-state index contributed by atoms with van der Waals surface area (Å²) in [4.78, 5) is 36.4. The summed E-state index contributed by atoms with van der Waals surface area (Å²) < 4.78 is 0. The van der Waals surface area contributed by atoms with Gasteiger partial charge in [-0.3, -0.25) is 14.6 Å². The quantitative estimate of drug-likeness (QED) is 0.198. The number of benzene rings is 1. The Balaban J connectivity index is 2.03. The van der Waals surface area contributed by atoms with Crippen molar-refractivity contribution in [1.29, 1.82) is 0 Å². The maximum absolute atomic E-state index is 12.1. The van der Waals surface area contributed by atoms with E-state index in [2.05, 4.69) is 10.1 Å². The van der Waals surface area contributed by atoms with E-state index >= 15 is 0 Å². The van der Waals surface area contributed by atoms with Gasteiger partial charge in [0.25, 0.3) is 0 Å². The average molecular weight is 361 g/mol. The number of H-pyrrole nitrogens is 1. The third-order valence-electron chi connectivity index (χ3n) is 3.15. The van der Waals surface area contributed by atoms with Crippen molar-refractivity contribution in [2.24, 2.45) is 16.8 Å². The molecule has 0 saturated carbocycles. The van der Waals surface area contributed by atoms with Gasteiger partial charge >= 0.3 is 5.97 Å². The second-order valence-electron chi connectivity index (χ2n) is 4.79. The lowest BCUT2D eigenvalue weighted by atomic mass is 10.2. The van der Waals surface area contributed by atoms with Gasteiger partial charge in [0, 0.05) is 17.8 Å². The number of nitrogens with one attached hydrogen (secondary N) is 1. The van der Waals surface area contributed by atoms with Crippen molar-refractivity contribution < 1.29 is 14.7 Å². The molecule has 0 spiro atoms. The first kappa shape index (κ1) is 18.2. The second-order valence-corrected chi connectivity index (χ2v) is 5.73. The number of Topliss-reactive ketones (excluding diaryl/α,β-unsaturated/α-hetero) is 1. The highest BCUT2D eigenvalue weighted by molar-refractivity contribution is 8.14. The van der Waals surface area contributed by atoms with Gasteiger partial charge in [-0.15, -0.1) is 0 Å². The van der Waals surface area contributed by atoms with Gasteiger partial charge in [0.15, 0.2) is 5.78 Å². The van der Waals surface area contributed by atoms with Crippen LogP contribution in [0.1, 0.15) is 20.7 Å². The summed E-state index contributed by atoms with van der Waals surface area (Å²) >= 11 is 1.01. The Morgan fingerprint density at radius 3 is 2.32 bits per heavy atom. The fourth-order valence-corrected chi connectivity index (χ4v) is 2.59. The number of carboxylic acid groups (broad SMARTS) is 1. The van der Waals surface area contributed by atoms with Crippen LogP contribution in [0.2, 0.25) is 0 Å². The molecule has 1 aromatic carbocycles. The number of hydrazone groups is 1. The van der Waals surface area contributed by atoms with Gasteiger partial charge in [0.1, 0.15) is 0 Å². The largest absolute Gasteiger partial charge is 0.478 e. The maximum Gasteiger partial charge on any atom is 0.335 e. The zero-order chi connectivity index (χ0) is 18.4. The number of rotatable bonds is 5. The van der Waals surface area contributed by atoms with Gasteiger partial charge in [0.05, 0.1) is 17.0 Å². The number of amidine groups is 1. The van der Waals surface area contributed by atoms with Crippen molar-refractivity contribution >= 4 is 34.4 Å². The van der Waals surface area contributed by atoms with Crippen LogP contribution in [0.3, 0.4) is 0 Å². The molecule has 0 saturated heterocycles. The van der Waals surface area contributed by atoms with Crippen LogP contribution in [-0.4, -0.2) is 32.8 Å². The molecule has 0 atom stereocenters. The molecule has 0 aliphatic rings. The molecule has 0 amide bonds. The molecular formula is C15H15N5O4S. The summed E-state index contributed by atoms with van der Waals surface area (Å²) in [5.41, 5.74) is 0.617. The molecule has 9 nitrogen and oxygen atoms in total. The topological polar surface area (TPSA) is 155 Å². The van der Waals surface area contributed by atoms with Crippen LogP contribution < -0.4 is 22.3 Å². The Hall–Kier alpha value is -3.11. The van der Waals surface area contributed by atoms with Crippen LogP contribution >= 0.6 is 11.8 Å². The summed E-state index contributed by atoms with van der Waals surface area (Å²) in [6.45, 7) is 0. The predicted molar refractivity (Wildman–Crippen MR) is 95.5 cm³/mol. The van der Waals surface area contributed by atoms with Gasteiger partial charge < -0.3 is 15.9 Å². The predicted octanol–water partition coefficient (Wildman–Crippen LogP) is 0.599. The molecule has 0 aliphatic carbocycles. The molecule has 25 heavy (non-hydrogen) atoms. The van der Waals surface area contributed by atoms with Crippen LogP contribution in [-0.2, 0) is 0 Å². The monoisotopic (exact) mass is 361 g/mol. The molecule has 0 unspecified atom stereocenters. The molecule has 0 fully saturated rings. The Bertz CT molecular complexity index is 842. The van der Waals surface area contributed by atoms with E-state index in [0.717, 1.165) is 16.8 Å². The van der Waals surface area contributed by atoms with E-state index in [1.165, 1.54) is 42.6 Å². The number of carbonyl (C=O) groups is 2. The summed E-state index contributed by atoms with van der Waals surface area (Å²) in [6.07, 6.45) is 1.33. The molecule has 6 N–H and O–H groups in total. The molecule has 2 aromatic rings. The lowest BCUT2D eigenvalue weighted by Gasteiger charge is -2.19. The smallest absolute Gasteiger partial charge is 0.335 e. The van der Waals surface area contributed by atoms with Crippen molar-refractivity contribution in [3.63, 3.8) is 0 Å². The number of thioether (sulfide) groups is 1. The van der Waals surface area contributed by atoms with Crippen LogP contribution in [0.15, 0.2) is 52.5 Å². The van der Waals surface area contributed by atoms with Gasteiger partial charge in [-0.25, -0.2) is 10.6 Å². The first-order valence-corrected chi connectivity index (χ1v) is 7.91. The number of ketones is 1. The lowest BCUT2D eigenvalue weighted by molar-refractivity contribution is 0.0696. The highest BCUT2D eigenvalue weighted by atomic mass is 32.2. The van der Waals surface area contributed by atoms with Crippen LogP contribution in [0.4, 0.5) is 5.69 Å². The molecule has 10 heteroatoms. The van der Waals surface area contributed by atoms with Crippen molar-refractivity contribution in [2.75, 3.05) is 10.8 Å². The second kappa shape index (κ2) is 8.13. The molecule has 130 valence electrons. The van der Waals surface area contributed by atoms with E-state index < -0.39 is 5.97 Å². The van der Waals surface area contributed by atoms with Gasteiger partial charge in [-0.05, 0) is 30.3 Å². The maximum atomic E-state index is 12.1. The minimum absolute atomic E-state index is 0.00296. The third kappa shape index (κ3) is 4.68. The van der Waals surface area contributed by atoms with Crippen molar-refractivity contribution in [1.82, 2.24) is 4.98 Å².